The Labute approximate surface area is 189 Å². The van der Waals surface area contributed by atoms with Crippen LogP contribution in [0.1, 0.15) is 61.7 Å². The van der Waals surface area contributed by atoms with E-state index in [1.807, 2.05) is 49.4 Å². The SMILES string of the molecule is C/C=C\CC(CC(C)CC)Nc1cc2c(C(=O)NCc3ccccc3)c(C#N)oc2cn1. The Balaban J connectivity index is 1.86. The molecule has 2 heterocycles. The van der Waals surface area contributed by atoms with Crippen LogP contribution < -0.4 is 10.6 Å². The van der Waals surface area contributed by atoms with Gasteiger partial charge in [0, 0.05) is 18.0 Å². The molecule has 0 fully saturated rings. The predicted octanol–water partition coefficient (Wildman–Crippen LogP) is 5.81. The van der Waals surface area contributed by atoms with Gasteiger partial charge in [0.1, 0.15) is 17.5 Å². The number of carbonyl (C=O) groups excluding carboxylic acids is 1. The number of aromatic nitrogens is 1. The highest BCUT2D eigenvalue weighted by Gasteiger charge is 2.22. The lowest BCUT2D eigenvalue weighted by Gasteiger charge is -2.21. The van der Waals surface area contributed by atoms with Gasteiger partial charge in [0.25, 0.3) is 5.91 Å². The molecule has 2 unspecified atom stereocenters. The highest BCUT2D eigenvalue weighted by Crippen LogP contribution is 2.28. The third-order valence-corrected chi connectivity index (χ3v) is 5.59. The number of amides is 1. The van der Waals surface area contributed by atoms with Crippen LogP contribution in [0.3, 0.4) is 0 Å². The number of nitriles is 1. The molecule has 1 amide bonds. The molecule has 6 nitrogen and oxygen atoms in total. The predicted molar refractivity (Wildman–Crippen MR) is 127 cm³/mol. The number of hydrogen-bond donors (Lipinski definition) is 2. The number of benzene rings is 1. The number of allylic oxidation sites excluding steroid dienone is 1. The summed E-state index contributed by atoms with van der Waals surface area (Å²) in [7, 11) is 0. The smallest absolute Gasteiger partial charge is 0.256 e. The number of nitrogens with zero attached hydrogens (tertiary/aromatic N) is 2. The van der Waals surface area contributed by atoms with Crippen molar-refractivity contribution >= 4 is 22.7 Å². The molecular formula is C26H30N4O2. The lowest BCUT2D eigenvalue weighted by Crippen LogP contribution is -2.23. The number of fused-ring (bicyclic) bond motifs is 1. The second kappa shape index (κ2) is 11.1. The van der Waals surface area contributed by atoms with Crippen molar-refractivity contribution < 1.29 is 9.21 Å². The molecule has 0 aliphatic carbocycles. The van der Waals surface area contributed by atoms with Crippen molar-refractivity contribution in [2.75, 3.05) is 5.32 Å². The fraction of sp³-hybridized carbons (Fsp3) is 0.346. The van der Waals surface area contributed by atoms with E-state index >= 15 is 0 Å². The molecule has 0 saturated carbocycles. The Kier molecular flexibility index (Phi) is 8.04. The number of furan rings is 1. The molecule has 1 aromatic carbocycles. The summed E-state index contributed by atoms with van der Waals surface area (Å²) >= 11 is 0. The van der Waals surface area contributed by atoms with Gasteiger partial charge in [-0.2, -0.15) is 5.26 Å². The van der Waals surface area contributed by atoms with E-state index in [1.54, 1.807) is 12.3 Å². The lowest BCUT2D eigenvalue weighted by molar-refractivity contribution is 0.0951. The molecular weight excluding hydrogens is 400 g/mol. The highest BCUT2D eigenvalue weighted by molar-refractivity contribution is 6.08. The normalized spacial score (nSPS) is 13.1. The van der Waals surface area contributed by atoms with Gasteiger partial charge >= 0.3 is 0 Å². The monoisotopic (exact) mass is 430 g/mol. The van der Waals surface area contributed by atoms with Crippen LogP contribution >= 0.6 is 0 Å². The fourth-order valence-corrected chi connectivity index (χ4v) is 3.63. The van der Waals surface area contributed by atoms with Crippen LogP contribution in [0.2, 0.25) is 0 Å². The van der Waals surface area contributed by atoms with Crippen molar-refractivity contribution in [1.29, 1.82) is 5.26 Å². The first-order valence-corrected chi connectivity index (χ1v) is 11.1. The van der Waals surface area contributed by atoms with Crippen molar-refractivity contribution in [3.05, 3.63) is 71.6 Å². The van der Waals surface area contributed by atoms with Crippen molar-refractivity contribution in [1.82, 2.24) is 10.3 Å². The van der Waals surface area contributed by atoms with Crippen LogP contribution in [0.5, 0.6) is 0 Å². The molecule has 2 N–H and O–H groups in total. The van der Waals surface area contributed by atoms with Gasteiger partial charge in [0.2, 0.25) is 5.76 Å². The summed E-state index contributed by atoms with van der Waals surface area (Å²) in [6.45, 7) is 6.82. The number of hydrogen-bond acceptors (Lipinski definition) is 5. The topological polar surface area (TPSA) is 91.0 Å². The highest BCUT2D eigenvalue weighted by atomic mass is 16.3. The summed E-state index contributed by atoms with van der Waals surface area (Å²) in [6, 6.07) is 13.7. The largest absolute Gasteiger partial charge is 0.443 e. The summed E-state index contributed by atoms with van der Waals surface area (Å²) in [5.74, 6) is 0.901. The van der Waals surface area contributed by atoms with Gasteiger partial charge in [-0.1, -0.05) is 62.8 Å². The van der Waals surface area contributed by atoms with Gasteiger partial charge in [-0.05, 0) is 37.3 Å². The quantitative estimate of drug-likeness (QED) is 0.396. The van der Waals surface area contributed by atoms with E-state index in [0.717, 1.165) is 24.8 Å². The molecule has 32 heavy (non-hydrogen) atoms. The molecule has 6 heteroatoms. The van der Waals surface area contributed by atoms with E-state index in [2.05, 4.69) is 35.5 Å². The Hall–Kier alpha value is -3.59. The molecule has 0 saturated heterocycles. The Morgan fingerprint density at radius 1 is 1.31 bits per heavy atom. The van der Waals surface area contributed by atoms with Crippen LogP contribution in [0.15, 0.2) is 59.2 Å². The van der Waals surface area contributed by atoms with E-state index < -0.39 is 0 Å². The molecule has 2 atom stereocenters. The zero-order valence-electron chi connectivity index (χ0n) is 18.9. The summed E-state index contributed by atoms with van der Waals surface area (Å²) in [5.41, 5.74) is 1.65. The van der Waals surface area contributed by atoms with Gasteiger partial charge < -0.3 is 15.1 Å². The second-order valence-electron chi connectivity index (χ2n) is 8.05. The Bertz CT molecular complexity index is 1110. The molecule has 0 spiro atoms. The minimum absolute atomic E-state index is 0.00502. The van der Waals surface area contributed by atoms with Crippen LogP contribution in [0.4, 0.5) is 5.82 Å². The minimum Gasteiger partial charge on any atom is -0.443 e. The molecule has 0 bridgehead atoms. The first-order chi connectivity index (χ1) is 15.5. The van der Waals surface area contributed by atoms with Crippen molar-refractivity contribution in [2.24, 2.45) is 5.92 Å². The van der Waals surface area contributed by atoms with Gasteiger partial charge in [0.15, 0.2) is 5.58 Å². The molecule has 0 aliphatic rings. The van der Waals surface area contributed by atoms with E-state index in [9.17, 15) is 10.1 Å². The standard InChI is InChI=1S/C26H30N4O2/c1-4-6-12-20(13-18(3)5-2)30-24-14-21-23(17-28-24)32-22(15-27)25(21)26(31)29-16-19-10-8-7-9-11-19/h4,6-11,14,17-18,20H,5,12-13,16H2,1-3H3,(H,28,30)(H,29,31)/b6-4-. The average Bonchev–Trinajstić information content (AvgIpc) is 3.19. The molecule has 3 aromatic rings. The zero-order chi connectivity index (χ0) is 22.9. The van der Waals surface area contributed by atoms with Crippen LogP contribution in [0.25, 0.3) is 11.0 Å². The molecule has 0 radical (unpaired) electrons. The second-order valence-corrected chi connectivity index (χ2v) is 8.05. The van der Waals surface area contributed by atoms with Crippen LogP contribution in [-0.4, -0.2) is 16.9 Å². The first-order valence-electron chi connectivity index (χ1n) is 11.1. The molecule has 2 aromatic heterocycles. The summed E-state index contributed by atoms with van der Waals surface area (Å²) in [5, 5.41) is 16.5. The Morgan fingerprint density at radius 3 is 2.78 bits per heavy atom. The fourth-order valence-electron chi connectivity index (χ4n) is 3.63. The Morgan fingerprint density at radius 2 is 2.09 bits per heavy atom. The van der Waals surface area contributed by atoms with Crippen molar-refractivity contribution in [2.45, 2.75) is 52.6 Å². The van der Waals surface area contributed by atoms with E-state index in [4.69, 9.17) is 4.42 Å². The third-order valence-electron chi connectivity index (χ3n) is 5.59. The maximum Gasteiger partial charge on any atom is 0.256 e. The number of pyridine rings is 1. The van der Waals surface area contributed by atoms with Crippen LogP contribution in [-0.2, 0) is 6.54 Å². The average molecular weight is 431 g/mol. The van der Waals surface area contributed by atoms with Gasteiger partial charge in [0.05, 0.1) is 6.20 Å². The number of anilines is 1. The summed E-state index contributed by atoms with van der Waals surface area (Å²) < 4.78 is 5.60. The van der Waals surface area contributed by atoms with Crippen molar-refractivity contribution in [3.8, 4) is 6.07 Å². The van der Waals surface area contributed by atoms with Crippen molar-refractivity contribution in [3.63, 3.8) is 0 Å². The summed E-state index contributed by atoms with van der Waals surface area (Å²) in [6.07, 6.45) is 8.78. The van der Waals surface area contributed by atoms with Gasteiger partial charge in [-0.15, -0.1) is 0 Å². The molecule has 3 rings (SSSR count). The molecule has 166 valence electrons. The number of carbonyl (C=O) groups is 1. The maximum absolute atomic E-state index is 13.0. The van der Waals surface area contributed by atoms with Gasteiger partial charge in [-0.3, -0.25) is 4.79 Å². The van der Waals surface area contributed by atoms with Gasteiger partial charge in [-0.25, -0.2) is 4.98 Å². The third kappa shape index (κ3) is 5.76. The minimum atomic E-state index is -0.341. The number of rotatable bonds is 10. The molecule has 0 aliphatic heterocycles. The first kappa shape index (κ1) is 23.1. The van der Waals surface area contributed by atoms with E-state index in [1.165, 1.54) is 0 Å². The van der Waals surface area contributed by atoms with E-state index in [-0.39, 0.29) is 23.3 Å². The number of nitrogens with one attached hydrogen (secondary N) is 2. The summed E-state index contributed by atoms with van der Waals surface area (Å²) in [4.78, 5) is 17.4. The zero-order valence-corrected chi connectivity index (χ0v) is 18.9. The lowest BCUT2D eigenvalue weighted by atomic mass is 9.97. The van der Waals surface area contributed by atoms with Crippen LogP contribution in [0, 0.1) is 17.2 Å². The maximum atomic E-state index is 13.0. The van der Waals surface area contributed by atoms with E-state index in [0.29, 0.717) is 29.2 Å².